The number of para-hydroxylation sites is 1. The van der Waals surface area contributed by atoms with Crippen LogP contribution in [0, 0.1) is 0 Å². The monoisotopic (exact) mass is 338 g/mol. The minimum Gasteiger partial charge on any atom is -0.457 e. The molecule has 0 unspecified atom stereocenters. The predicted molar refractivity (Wildman–Crippen MR) is 91.4 cm³/mol. The summed E-state index contributed by atoms with van der Waals surface area (Å²) in [6.07, 6.45) is 3.39. The molecule has 0 saturated carbocycles. The van der Waals surface area contributed by atoms with Gasteiger partial charge in [-0.1, -0.05) is 12.1 Å². The number of nitrogens with one attached hydrogen (secondary N) is 1. The van der Waals surface area contributed by atoms with Crippen molar-refractivity contribution in [2.75, 3.05) is 0 Å². The zero-order valence-corrected chi connectivity index (χ0v) is 13.5. The molecule has 120 valence electrons. The average molecular weight is 338 g/mol. The second kappa shape index (κ2) is 6.29. The fourth-order valence-corrected chi connectivity index (χ4v) is 3.28. The van der Waals surface area contributed by atoms with Crippen LogP contribution in [0.1, 0.15) is 5.76 Å². The Morgan fingerprint density at radius 1 is 1.21 bits per heavy atom. The number of rotatable bonds is 5. The van der Waals surface area contributed by atoms with Gasteiger partial charge in [-0.3, -0.25) is 9.48 Å². The molecule has 1 aromatic carbocycles. The van der Waals surface area contributed by atoms with Crippen molar-refractivity contribution in [3.05, 3.63) is 60.6 Å². The molecule has 0 radical (unpaired) electrons. The Morgan fingerprint density at radius 3 is 2.96 bits per heavy atom. The molecule has 1 amide bonds. The van der Waals surface area contributed by atoms with Crippen molar-refractivity contribution in [1.82, 2.24) is 20.1 Å². The summed E-state index contributed by atoms with van der Waals surface area (Å²) >= 11 is 1.59. The summed E-state index contributed by atoms with van der Waals surface area (Å²) in [7, 11) is 0. The van der Waals surface area contributed by atoms with Gasteiger partial charge < -0.3 is 9.73 Å². The Hall–Kier alpha value is -2.93. The molecule has 4 aromatic rings. The highest BCUT2D eigenvalue weighted by Gasteiger charge is 2.11. The number of nitrogens with zero attached hydrogens (tertiary/aromatic N) is 3. The molecule has 0 aliphatic heterocycles. The lowest BCUT2D eigenvalue weighted by Gasteiger charge is -2.03. The number of carbonyl (C=O) groups excluding carboxylic acids is 1. The second-order valence-corrected chi connectivity index (χ2v) is 6.26. The van der Waals surface area contributed by atoms with E-state index in [9.17, 15) is 4.79 Å². The molecule has 0 aliphatic carbocycles. The van der Waals surface area contributed by atoms with Crippen LogP contribution >= 0.6 is 11.3 Å². The zero-order valence-electron chi connectivity index (χ0n) is 12.7. The van der Waals surface area contributed by atoms with Crippen molar-refractivity contribution in [3.63, 3.8) is 0 Å². The molecule has 6 nitrogen and oxygen atoms in total. The number of aromatic nitrogens is 3. The molecule has 7 heteroatoms. The number of furan rings is 1. The van der Waals surface area contributed by atoms with E-state index >= 15 is 0 Å². The van der Waals surface area contributed by atoms with Crippen molar-refractivity contribution in [3.8, 4) is 10.8 Å². The van der Waals surface area contributed by atoms with E-state index in [-0.39, 0.29) is 12.5 Å². The Labute approximate surface area is 141 Å². The minimum absolute atomic E-state index is 0.114. The van der Waals surface area contributed by atoms with Crippen LogP contribution in [0.5, 0.6) is 0 Å². The van der Waals surface area contributed by atoms with Crippen LogP contribution in [0.15, 0.2) is 59.3 Å². The highest BCUT2D eigenvalue weighted by Crippen LogP contribution is 2.30. The van der Waals surface area contributed by atoms with Gasteiger partial charge in [0.2, 0.25) is 5.91 Å². The summed E-state index contributed by atoms with van der Waals surface area (Å²) in [4.78, 5) is 16.4. The van der Waals surface area contributed by atoms with Gasteiger partial charge in [-0.2, -0.15) is 5.10 Å². The summed E-state index contributed by atoms with van der Waals surface area (Å²) in [5, 5.41) is 7.66. The maximum absolute atomic E-state index is 11.9. The van der Waals surface area contributed by atoms with Crippen molar-refractivity contribution in [2.24, 2.45) is 0 Å². The molecular weight excluding hydrogens is 324 g/mol. The van der Waals surface area contributed by atoms with Crippen LogP contribution in [0.25, 0.3) is 21.0 Å². The highest BCUT2D eigenvalue weighted by atomic mass is 32.1. The normalized spacial score (nSPS) is 11.0. The number of amides is 1. The van der Waals surface area contributed by atoms with Crippen LogP contribution < -0.4 is 5.32 Å². The summed E-state index contributed by atoms with van der Waals surface area (Å²) in [6.45, 7) is 0.531. The molecular formula is C17H14N4O2S. The number of thiazole rings is 1. The van der Waals surface area contributed by atoms with E-state index in [1.54, 1.807) is 34.5 Å². The molecule has 4 rings (SSSR count). The standard InChI is InChI=1S/C17H14N4O2S/c22-16(11-21-9-3-8-19-21)18-10-12-6-7-14(23-12)17-20-13-4-1-2-5-15(13)24-17/h1-9H,10-11H2,(H,18,22). The lowest BCUT2D eigenvalue weighted by molar-refractivity contribution is -0.122. The number of fused-ring (bicyclic) bond motifs is 1. The van der Waals surface area contributed by atoms with Gasteiger partial charge in [-0.15, -0.1) is 11.3 Å². The van der Waals surface area contributed by atoms with Gasteiger partial charge in [-0.05, 0) is 30.3 Å². The third-order valence-electron chi connectivity index (χ3n) is 3.49. The Kier molecular flexibility index (Phi) is 3.84. The molecule has 0 atom stereocenters. The largest absolute Gasteiger partial charge is 0.457 e. The fourth-order valence-electron chi connectivity index (χ4n) is 2.35. The van der Waals surface area contributed by atoms with Gasteiger partial charge in [0, 0.05) is 12.4 Å². The highest BCUT2D eigenvalue weighted by molar-refractivity contribution is 7.21. The van der Waals surface area contributed by atoms with Crippen LogP contribution in [0.3, 0.4) is 0 Å². The second-order valence-electron chi connectivity index (χ2n) is 5.23. The molecule has 0 spiro atoms. The first-order valence-electron chi connectivity index (χ1n) is 7.47. The number of benzene rings is 1. The van der Waals surface area contributed by atoms with Crippen LogP contribution in [0.2, 0.25) is 0 Å². The molecule has 0 bridgehead atoms. The molecule has 0 fully saturated rings. The quantitative estimate of drug-likeness (QED) is 0.607. The summed E-state index contributed by atoms with van der Waals surface area (Å²) in [6, 6.07) is 13.5. The van der Waals surface area contributed by atoms with E-state index in [2.05, 4.69) is 15.4 Å². The van der Waals surface area contributed by atoms with E-state index in [1.165, 1.54) is 0 Å². The predicted octanol–water partition coefficient (Wildman–Crippen LogP) is 3.07. The fraction of sp³-hybridized carbons (Fsp3) is 0.118. The average Bonchev–Trinajstić information content (AvgIpc) is 3.32. The van der Waals surface area contributed by atoms with E-state index in [1.807, 2.05) is 36.4 Å². The lowest BCUT2D eigenvalue weighted by atomic mass is 10.3. The van der Waals surface area contributed by atoms with E-state index < -0.39 is 0 Å². The maximum atomic E-state index is 11.9. The Bertz CT molecular complexity index is 938. The maximum Gasteiger partial charge on any atom is 0.242 e. The third-order valence-corrected chi connectivity index (χ3v) is 4.54. The number of carbonyl (C=O) groups is 1. The Morgan fingerprint density at radius 2 is 2.12 bits per heavy atom. The zero-order chi connectivity index (χ0) is 16.4. The van der Waals surface area contributed by atoms with E-state index in [0.717, 1.165) is 15.2 Å². The first kappa shape index (κ1) is 14.6. The first-order valence-corrected chi connectivity index (χ1v) is 8.28. The first-order chi connectivity index (χ1) is 11.8. The smallest absolute Gasteiger partial charge is 0.242 e. The van der Waals surface area contributed by atoms with Gasteiger partial charge in [0.15, 0.2) is 10.8 Å². The van der Waals surface area contributed by atoms with Gasteiger partial charge in [0.1, 0.15) is 12.3 Å². The van der Waals surface area contributed by atoms with Crippen LogP contribution in [-0.4, -0.2) is 20.7 Å². The topological polar surface area (TPSA) is 73.0 Å². The molecule has 3 heterocycles. The Balaban J connectivity index is 1.42. The van der Waals surface area contributed by atoms with Gasteiger partial charge >= 0.3 is 0 Å². The van der Waals surface area contributed by atoms with Crippen molar-refractivity contribution >= 4 is 27.5 Å². The van der Waals surface area contributed by atoms with Crippen LogP contribution in [0.4, 0.5) is 0 Å². The number of hydrogen-bond acceptors (Lipinski definition) is 5. The van der Waals surface area contributed by atoms with Crippen molar-refractivity contribution in [2.45, 2.75) is 13.1 Å². The molecule has 0 aliphatic rings. The van der Waals surface area contributed by atoms with Crippen molar-refractivity contribution < 1.29 is 9.21 Å². The summed E-state index contributed by atoms with van der Waals surface area (Å²) in [5.74, 6) is 1.29. The molecule has 1 N–H and O–H groups in total. The third kappa shape index (κ3) is 3.07. The SMILES string of the molecule is O=C(Cn1cccn1)NCc1ccc(-c2nc3ccccc3s2)o1. The number of hydrogen-bond donors (Lipinski definition) is 1. The summed E-state index contributed by atoms with van der Waals surface area (Å²) < 4.78 is 8.49. The minimum atomic E-state index is -0.114. The van der Waals surface area contributed by atoms with Gasteiger partial charge in [-0.25, -0.2) is 4.98 Å². The van der Waals surface area contributed by atoms with Crippen molar-refractivity contribution in [1.29, 1.82) is 0 Å². The van der Waals surface area contributed by atoms with Gasteiger partial charge in [0.25, 0.3) is 0 Å². The van der Waals surface area contributed by atoms with Gasteiger partial charge in [0.05, 0.1) is 16.8 Å². The molecule has 24 heavy (non-hydrogen) atoms. The molecule has 0 saturated heterocycles. The summed E-state index contributed by atoms with van der Waals surface area (Å²) in [5.41, 5.74) is 0.961. The van der Waals surface area contributed by atoms with Crippen LogP contribution in [-0.2, 0) is 17.9 Å². The lowest BCUT2D eigenvalue weighted by Crippen LogP contribution is -2.27. The van der Waals surface area contributed by atoms with E-state index in [4.69, 9.17) is 4.42 Å². The van der Waals surface area contributed by atoms with E-state index in [0.29, 0.717) is 18.1 Å². The molecule has 3 aromatic heterocycles.